The van der Waals surface area contributed by atoms with Gasteiger partial charge in [0.15, 0.2) is 0 Å². The minimum absolute atomic E-state index is 0.260. The largest absolute Gasteiger partial charge is 0.493 e. The van der Waals surface area contributed by atoms with E-state index in [1.165, 1.54) is 6.07 Å². The summed E-state index contributed by atoms with van der Waals surface area (Å²) >= 11 is 0. The Kier molecular flexibility index (Phi) is 5.32. The van der Waals surface area contributed by atoms with Gasteiger partial charge in [0.1, 0.15) is 23.7 Å². The summed E-state index contributed by atoms with van der Waals surface area (Å²) < 4.78 is 22.2. The lowest BCUT2D eigenvalue weighted by molar-refractivity contribution is 0.356. The molecule has 4 aromatic heterocycles. The van der Waals surface area contributed by atoms with E-state index < -0.39 is 0 Å². The monoisotopic (exact) mass is 481 g/mol. The SMILES string of the molecule is Cc1ccc(-c2ncn3c(NCc4c(F)ccc5c4CCO5)ncc(-c4cnc(C)nc4C)c23)cn1. The molecular formula is C27H24FN7O. The van der Waals surface area contributed by atoms with Crippen molar-refractivity contribution in [3.63, 3.8) is 0 Å². The number of aromatic nitrogens is 6. The molecule has 0 spiro atoms. The number of halogens is 1. The lowest BCUT2D eigenvalue weighted by Gasteiger charge is -2.14. The van der Waals surface area contributed by atoms with Crippen LogP contribution in [-0.4, -0.2) is 35.9 Å². The number of nitrogens with one attached hydrogen (secondary N) is 1. The van der Waals surface area contributed by atoms with Gasteiger partial charge in [-0.2, -0.15) is 0 Å². The van der Waals surface area contributed by atoms with E-state index in [1.54, 1.807) is 18.6 Å². The minimum atomic E-state index is -0.260. The molecule has 0 atom stereocenters. The van der Waals surface area contributed by atoms with E-state index >= 15 is 0 Å². The van der Waals surface area contributed by atoms with Gasteiger partial charge in [-0.05, 0) is 45.0 Å². The van der Waals surface area contributed by atoms with Crippen LogP contribution in [0, 0.1) is 26.6 Å². The molecule has 5 aromatic rings. The van der Waals surface area contributed by atoms with E-state index in [9.17, 15) is 4.39 Å². The number of aryl methyl sites for hydroxylation is 3. The molecule has 6 rings (SSSR count). The number of anilines is 1. The quantitative estimate of drug-likeness (QED) is 0.383. The van der Waals surface area contributed by atoms with Gasteiger partial charge in [0.25, 0.3) is 0 Å². The van der Waals surface area contributed by atoms with E-state index in [-0.39, 0.29) is 12.4 Å². The van der Waals surface area contributed by atoms with Gasteiger partial charge in [0, 0.05) is 70.8 Å². The number of ether oxygens (including phenoxy) is 1. The molecule has 0 saturated carbocycles. The second kappa shape index (κ2) is 8.67. The Balaban J connectivity index is 1.48. The van der Waals surface area contributed by atoms with Crippen molar-refractivity contribution in [2.75, 3.05) is 11.9 Å². The molecule has 0 amide bonds. The van der Waals surface area contributed by atoms with Crippen LogP contribution in [0.4, 0.5) is 10.3 Å². The molecule has 0 fully saturated rings. The lowest BCUT2D eigenvalue weighted by Crippen LogP contribution is -2.10. The third-order valence-corrected chi connectivity index (χ3v) is 6.51. The van der Waals surface area contributed by atoms with E-state index in [1.807, 2.05) is 49.7 Å². The predicted molar refractivity (Wildman–Crippen MR) is 134 cm³/mol. The van der Waals surface area contributed by atoms with Gasteiger partial charge in [-0.1, -0.05) is 0 Å². The molecule has 1 aliphatic rings. The molecule has 36 heavy (non-hydrogen) atoms. The van der Waals surface area contributed by atoms with E-state index in [4.69, 9.17) is 14.7 Å². The first-order valence-electron chi connectivity index (χ1n) is 11.8. The Bertz CT molecular complexity index is 1610. The maximum Gasteiger partial charge on any atom is 0.208 e. The standard InChI is InChI=1S/C27H24FN7O/c1-15-4-5-18(10-29-15)25-26-22(20-11-30-17(3)34-16(20)2)13-32-27(35(26)14-33-25)31-12-21-19-8-9-36-24(19)7-6-23(21)28/h4-7,10-11,13-14H,8-9,12H2,1-3H3,(H,31,32). The highest BCUT2D eigenvalue weighted by atomic mass is 19.1. The number of hydrogen-bond acceptors (Lipinski definition) is 7. The van der Waals surface area contributed by atoms with Crippen molar-refractivity contribution in [2.24, 2.45) is 0 Å². The first kappa shape index (κ1) is 22.1. The number of imidazole rings is 1. The third kappa shape index (κ3) is 3.73. The molecule has 180 valence electrons. The predicted octanol–water partition coefficient (Wildman–Crippen LogP) is 4.86. The first-order chi connectivity index (χ1) is 17.5. The van der Waals surface area contributed by atoms with E-state index in [0.29, 0.717) is 30.4 Å². The number of hydrogen-bond donors (Lipinski definition) is 1. The summed E-state index contributed by atoms with van der Waals surface area (Å²) in [6.45, 7) is 6.60. The molecule has 9 heteroatoms. The summed E-state index contributed by atoms with van der Waals surface area (Å²) in [6.07, 6.45) is 7.84. The topological polar surface area (TPSA) is 90.1 Å². The van der Waals surface area contributed by atoms with Crippen LogP contribution in [-0.2, 0) is 13.0 Å². The Morgan fingerprint density at radius 3 is 2.64 bits per heavy atom. The molecule has 0 aliphatic carbocycles. The number of pyridine rings is 1. The Morgan fingerprint density at radius 2 is 1.83 bits per heavy atom. The molecule has 0 unspecified atom stereocenters. The fourth-order valence-electron chi connectivity index (χ4n) is 4.68. The maximum atomic E-state index is 14.7. The molecule has 8 nitrogen and oxygen atoms in total. The van der Waals surface area contributed by atoms with Gasteiger partial charge in [-0.15, -0.1) is 0 Å². The molecule has 1 aliphatic heterocycles. The van der Waals surface area contributed by atoms with Crippen molar-refractivity contribution in [1.82, 2.24) is 29.3 Å². The van der Waals surface area contributed by atoms with Gasteiger partial charge in [0.2, 0.25) is 5.95 Å². The van der Waals surface area contributed by atoms with Gasteiger partial charge >= 0.3 is 0 Å². The third-order valence-electron chi connectivity index (χ3n) is 6.51. The molecule has 1 aromatic carbocycles. The van der Waals surface area contributed by atoms with Gasteiger partial charge < -0.3 is 10.1 Å². The molecule has 1 N–H and O–H groups in total. The van der Waals surface area contributed by atoms with Crippen LogP contribution in [0.1, 0.15) is 28.3 Å². The van der Waals surface area contributed by atoms with Crippen LogP contribution in [0.2, 0.25) is 0 Å². The van der Waals surface area contributed by atoms with Gasteiger partial charge in [-0.3, -0.25) is 9.38 Å². The van der Waals surface area contributed by atoms with Crippen LogP contribution >= 0.6 is 0 Å². The molecule has 0 radical (unpaired) electrons. The van der Waals surface area contributed by atoms with E-state index in [2.05, 4.69) is 20.3 Å². The Hall–Kier alpha value is -4.40. The summed E-state index contributed by atoms with van der Waals surface area (Å²) in [5, 5.41) is 3.32. The zero-order valence-electron chi connectivity index (χ0n) is 20.2. The van der Waals surface area contributed by atoms with Gasteiger partial charge in [-0.25, -0.2) is 24.3 Å². The number of benzene rings is 1. The normalized spacial score (nSPS) is 12.6. The summed E-state index contributed by atoms with van der Waals surface area (Å²) in [4.78, 5) is 22.8. The van der Waals surface area contributed by atoms with Crippen molar-refractivity contribution < 1.29 is 9.13 Å². The number of rotatable bonds is 5. The Morgan fingerprint density at radius 1 is 0.972 bits per heavy atom. The van der Waals surface area contributed by atoms with Crippen LogP contribution in [0.3, 0.4) is 0 Å². The fourth-order valence-corrected chi connectivity index (χ4v) is 4.68. The summed E-state index contributed by atoms with van der Waals surface area (Å²) in [6, 6.07) is 7.11. The maximum absolute atomic E-state index is 14.7. The van der Waals surface area contributed by atoms with Crippen LogP contribution in [0.15, 0.2) is 49.2 Å². The highest BCUT2D eigenvalue weighted by Gasteiger charge is 2.21. The van der Waals surface area contributed by atoms with Crippen molar-refractivity contribution in [2.45, 2.75) is 33.7 Å². The fraction of sp³-hybridized carbons (Fsp3) is 0.222. The van der Waals surface area contributed by atoms with Crippen LogP contribution in [0.5, 0.6) is 5.75 Å². The van der Waals surface area contributed by atoms with Crippen molar-refractivity contribution >= 4 is 11.5 Å². The van der Waals surface area contributed by atoms with E-state index in [0.717, 1.165) is 50.6 Å². The average molecular weight is 482 g/mol. The highest BCUT2D eigenvalue weighted by Crippen LogP contribution is 2.35. The second-order valence-corrected chi connectivity index (χ2v) is 8.87. The summed E-state index contributed by atoms with van der Waals surface area (Å²) in [5.41, 5.74) is 7.49. The minimum Gasteiger partial charge on any atom is -0.493 e. The zero-order valence-corrected chi connectivity index (χ0v) is 20.2. The molecule has 0 bridgehead atoms. The highest BCUT2D eigenvalue weighted by molar-refractivity contribution is 5.92. The van der Waals surface area contributed by atoms with Gasteiger partial charge in [0.05, 0.1) is 17.8 Å². The summed E-state index contributed by atoms with van der Waals surface area (Å²) in [5.74, 6) is 1.74. The van der Waals surface area contributed by atoms with Crippen LogP contribution < -0.4 is 10.1 Å². The average Bonchev–Trinajstić information content (AvgIpc) is 3.52. The van der Waals surface area contributed by atoms with Crippen LogP contribution in [0.25, 0.3) is 27.9 Å². The molecular weight excluding hydrogens is 457 g/mol. The summed E-state index contributed by atoms with van der Waals surface area (Å²) in [7, 11) is 0. The Labute approximate surface area is 207 Å². The number of fused-ring (bicyclic) bond motifs is 2. The second-order valence-electron chi connectivity index (χ2n) is 8.87. The zero-order chi connectivity index (χ0) is 24.8. The lowest BCUT2D eigenvalue weighted by atomic mass is 10.0. The van der Waals surface area contributed by atoms with Crippen molar-refractivity contribution in [1.29, 1.82) is 0 Å². The molecule has 0 saturated heterocycles. The number of nitrogens with zero attached hydrogens (tertiary/aromatic N) is 6. The smallest absolute Gasteiger partial charge is 0.208 e. The van der Waals surface area contributed by atoms with Crippen molar-refractivity contribution in [3.8, 4) is 28.1 Å². The molecule has 5 heterocycles. The first-order valence-corrected chi connectivity index (χ1v) is 11.8. The van der Waals surface area contributed by atoms with Crippen molar-refractivity contribution in [3.05, 3.63) is 83.3 Å².